The Bertz CT molecular complexity index is 900. The summed E-state index contributed by atoms with van der Waals surface area (Å²) in [6.07, 6.45) is 4.63. The van der Waals surface area contributed by atoms with E-state index in [9.17, 15) is 14.0 Å². The molecule has 28 heavy (non-hydrogen) atoms. The molecule has 4 rings (SSSR count). The smallest absolute Gasteiger partial charge is 0.257 e. The van der Waals surface area contributed by atoms with Gasteiger partial charge in [-0.2, -0.15) is 0 Å². The van der Waals surface area contributed by atoms with Crippen molar-refractivity contribution in [3.8, 4) is 11.4 Å². The van der Waals surface area contributed by atoms with Gasteiger partial charge in [-0.3, -0.25) is 9.59 Å². The SMILES string of the molecule is C1CCNC1.Cc1ccc(-c2ncc(CNC(=O)C3(F)CC3)c(=O)[nH]2)cc1Cl. The zero-order chi connectivity index (χ0) is 20.1. The third-order valence-electron chi connectivity index (χ3n) is 4.81. The zero-order valence-electron chi connectivity index (χ0n) is 15.8. The predicted octanol–water partition coefficient (Wildman–Crippen LogP) is 2.89. The Hall–Kier alpha value is -2.25. The fourth-order valence-corrected chi connectivity index (χ4v) is 2.91. The molecule has 1 saturated carbocycles. The minimum Gasteiger partial charge on any atom is -0.349 e. The van der Waals surface area contributed by atoms with E-state index in [1.54, 1.807) is 12.1 Å². The van der Waals surface area contributed by atoms with Crippen molar-refractivity contribution in [1.29, 1.82) is 0 Å². The minimum atomic E-state index is -1.75. The molecule has 0 bridgehead atoms. The number of nitrogens with one attached hydrogen (secondary N) is 3. The molecule has 1 aliphatic heterocycles. The molecule has 0 atom stereocenters. The van der Waals surface area contributed by atoms with Crippen LogP contribution in [0.5, 0.6) is 0 Å². The second-order valence-corrected chi connectivity index (χ2v) is 7.56. The first-order chi connectivity index (χ1) is 13.4. The summed E-state index contributed by atoms with van der Waals surface area (Å²) >= 11 is 6.07. The molecule has 1 aliphatic carbocycles. The number of halogens is 2. The molecule has 0 radical (unpaired) electrons. The van der Waals surface area contributed by atoms with Crippen LogP contribution in [0, 0.1) is 6.92 Å². The van der Waals surface area contributed by atoms with Gasteiger partial charge in [0.15, 0.2) is 5.67 Å². The molecule has 2 heterocycles. The van der Waals surface area contributed by atoms with Crippen LogP contribution in [0.4, 0.5) is 4.39 Å². The van der Waals surface area contributed by atoms with Crippen LogP contribution >= 0.6 is 11.6 Å². The Kier molecular flexibility index (Phi) is 6.46. The van der Waals surface area contributed by atoms with Crippen molar-refractivity contribution >= 4 is 17.5 Å². The van der Waals surface area contributed by atoms with Gasteiger partial charge in [-0.05, 0) is 57.3 Å². The van der Waals surface area contributed by atoms with Crippen LogP contribution in [0.25, 0.3) is 11.4 Å². The molecule has 1 amide bonds. The van der Waals surface area contributed by atoms with E-state index in [1.807, 2.05) is 13.0 Å². The Morgan fingerprint density at radius 1 is 1.32 bits per heavy atom. The maximum atomic E-state index is 13.5. The number of aryl methyl sites for hydroxylation is 1. The van der Waals surface area contributed by atoms with Crippen molar-refractivity contribution in [2.24, 2.45) is 0 Å². The van der Waals surface area contributed by atoms with Crippen molar-refractivity contribution < 1.29 is 9.18 Å². The van der Waals surface area contributed by atoms with Crippen molar-refractivity contribution in [1.82, 2.24) is 20.6 Å². The Morgan fingerprint density at radius 3 is 2.57 bits per heavy atom. The van der Waals surface area contributed by atoms with E-state index in [2.05, 4.69) is 20.6 Å². The van der Waals surface area contributed by atoms with E-state index < -0.39 is 11.6 Å². The second-order valence-electron chi connectivity index (χ2n) is 7.16. The number of rotatable bonds is 4. The monoisotopic (exact) mass is 406 g/mol. The molecular formula is C20H24ClFN4O2. The first-order valence-electron chi connectivity index (χ1n) is 9.42. The van der Waals surface area contributed by atoms with Crippen LogP contribution in [-0.2, 0) is 11.3 Å². The number of amides is 1. The van der Waals surface area contributed by atoms with Crippen LogP contribution in [0.15, 0.2) is 29.2 Å². The highest BCUT2D eigenvalue weighted by Crippen LogP contribution is 2.39. The standard InChI is InChI=1S/C16H15ClFN3O2.C4H9N/c1-9-2-3-10(6-12(9)17)13-19-7-11(14(22)21-13)8-20-15(23)16(18)4-5-16;1-2-4-5-3-1/h2-3,6-7H,4-5,8H2,1H3,(H,20,23)(H,19,21,22);5H,1-4H2. The highest BCUT2D eigenvalue weighted by molar-refractivity contribution is 6.31. The predicted molar refractivity (Wildman–Crippen MR) is 107 cm³/mol. The summed E-state index contributed by atoms with van der Waals surface area (Å²) in [5.74, 6) is -0.289. The lowest BCUT2D eigenvalue weighted by molar-refractivity contribution is -0.127. The van der Waals surface area contributed by atoms with Gasteiger partial charge >= 0.3 is 0 Å². The van der Waals surface area contributed by atoms with Crippen LogP contribution in [-0.4, -0.2) is 34.6 Å². The van der Waals surface area contributed by atoms with Crippen LogP contribution < -0.4 is 16.2 Å². The average molecular weight is 407 g/mol. The van der Waals surface area contributed by atoms with E-state index in [1.165, 1.54) is 32.1 Å². The first-order valence-corrected chi connectivity index (χ1v) is 9.79. The zero-order valence-corrected chi connectivity index (χ0v) is 16.5. The van der Waals surface area contributed by atoms with Crippen LogP contribution in [0.3, 0.4) is 0 Å². The van der Waals surface area contributed by atoms with E-state index in [0.29, 0.717) is 16.4 Å². The van der Waals surface area contributed by atoms with Gasteiger partial charge in [0.1, 0.15) is 5.82 Å². The molecule has 3 N–H and O–H groups in total. The normalized spacial score (nSPS) is 16.8. The number of aromatic amines is 1. The second kappa shape index (κ2) is 8.84. The molecule has 0 unspecified atom stereocenters. The summed E-state index contributed by atoms with van der Waals surface area (Å²) in [5, 5.41) is 6.23. The van der Waals surface area contributed by atoms with Gasteiger partial charge in [0, 0.05) is 23.3 Å². The number of carbonyl (C=O) groups is 1. The van der Waals surface area contributed by atoms with E-state index >= 15 is 0 Å². The first kappa shape index (κ1) is 20.5. The summed E-state index contributed by atoms with van der Waals surface area (Å²) in [7, 11) is 0. The summed E-state index contributed by atoms with van der Waals surface area (Å²) in [6.45, 7) is 4.33. The molecule has 2 fully saturated rings. The topological polar surface area (TPSA) is 86.9 Å². The summed E-state index contributed by atoms with van der Waals surface area (Å²) < 4.78 is 13.5. The lowest BCUT2D eigenvalue weighted by Crippen LogP contribution is -2.34. The Balaban J connectivity index is 0.000000391. The van der Waals surface area contributed by atoms with E-state index in [0.717, 1.165) is 5.56 Å². The molecule has 1 aromatic heterocycles. The number of nitrogens with zero attached hydrogens (tertiary/aromatic N) is 1. The summed E-state index contributed by atoms with van der Waals surface area (Å²) in [4.78, 5) is 30.4. The molecule has 150 valence electrons. The molecule has 6 nitrogen and oxygen atoms in total. The minimum absolute atomic E-state index is 0.0538. The fourth-order valence-electron chi connectivity index (χ4n) is 2.73. The van der Waals surface area contributed by atoms with Gasteiger partial charge in [0.2, 0.25) is 0 Å². The third kappa shape index (κ3) is 5.17. The molecule has 1 saturated heterocycles. The Morgan fingerprint density at radius 2 is 2.04 bits per heavy atom. The molecular weight excluding hydrogens is 383 g/mol. The highest BCUT2D eigenvalue weighted by atomic mass is 35.5. The molecule has 2 aliphatic rings. The van der Waals surface area contributed by atoms with Gasteiger partial charge in [-0.1, -0.05) is 23.7 Å². The van der Waals surface area contributed by atoms with Crippen molar-refractivity contribution in [2.75, 3.05) is 13.1 Å². The number of carbonyl (C=O) groups excluding carboxylic acids is 1. The van der Waals surface area contributed by atoms with Gasteiger partial charge in [0.05, 0.1) is 5.56 Å². The number of alkyl halides is 1. The number of H-pyrrole nitrogens is 1. The molecule has 2 aromatic rings. The number of benzene rings is 1. The third-order valence-corrected chi connectivity index (χ3v) is 5.22. The quantitative estimate of drug-likeness (QED) is 0.728. The number of aromatic nitrogens is 2. The summed E-state index contributed by atoms with van der Waals surface area (Å²) in [5.41, 5.74) is -0.245. The average Bonchev–Trinajstić information content (AvgIpc) is 3.18. The molecule has 0 spiro atoms. The van der Waals surface area contributed by atoms with Crippen LogP contribution in [0.1, 0.15) is 36.8 Å². The molecule has 8 heteroatoms. The maximum absolute atomic E-state index is 13.5. The van der Waals surface area contributed by atoms with Crippen molar-refractivity contribution in [3.63, 3.8) is 0 Å². The summed E-state index contributed by atoms with van der Waals surface area (Å²) in [6, 6.07) is 5.36. The van der Waals surface area contributed by atoms with Gasteiger partial charge in [-0.25, -0.2) is 9.37 Å². The number of hydrogen-bond donors (Lipinski definition) is 3. The van der Waals surface area contributed by atoms with E-state index in [-0.39, 0.29) is 30.5 Å². The van der Waals surface area contributed by atoms with Gasteiger partial charge in [0.25, 0.3) is 11.5 Å². The highest BCUT2D eigenvalue weighted by Gasteiger charge is 2.50. The van der Waals surface area contributed by atoms with Gasteiger partial charge < -0.3 is 15.6 Å². The van der Waals surface area contributed by atoms with Crippen LogP contribution in [0.2, 0.25) is 5.02 Å². The maximum Gasteiger partial charge on any atom is 0.257 e. The largest absolute Gasteiger partial charge is 0.349 e. The van der Waals surface area contributed by atoms with Crippen molar-refractivity contribution in [3.05, 3.63) is 50.9 Å². The molecule has 1 aromatic carbocycles. The van der Waals surface area contributed by atoms with E-state index in [4.69, 9.17) is 11.6 Å². The Labute approximate surface area is 167 Å². The fraction of sp³-hybridized carbons (Fsp3) is 0.450. The van der Waals surface area contributed by atoms with Gasteiger partial charge in [-0.15, -0.1) is 0 Å². The lowest BCUT2D eigenvalue weighted by atomic mass is 10.1. The number of hydrogen-bond acceptors (Lipinski definition) is 4. The lowest BCUT2D eigenvalue weighted by Gasteiger charge is -2.08. The van der Waals surface area contributed by atoms with Crippen molar-refractivity contribution in [2.45, 2.75) is 44.8 Å².